The summed E-state index contributed by atoms with van der Waals surface area (Å²) >= 11 is 0. The topological polar surface area (TPSA) is 53.6 Å². The van der Waals surface area contributed by atoms with Crippen molar-refractivity contribution in [3.63, 3.8) is 0 Å². The molecule has 7 aliphatic rings. The predicted octanol–water partition coefficient (Wildman–Crippen LogP) is 6.68. The van der Waals surface area contributed by atoms with Crippen molar-refractivity contribution in [1.29, 1.82) is 0 Å². The molecule has 6 bridgehead atoms. The lowest BCUT2D eigenvalue weighted by atomic mass is 9.65. The van der Waals surface area contributed by atoms with Crippen LogP contribution in [0.25, 0.3) is 0 Å². The van der Waals surface area contributed by atoms with Gasteiger partial charge in [-0.25, -0.2) is 14.5 Å². The van der Waals surface area contributed by atoms with E-state index in [9.17, 15) is 9.59 Å². The molecular formula is C36H62N6O2. The fourth-order valence-corrected chi connectivity index (χ4v) is 12.9. The number of hydrogen-bond donors (Lipinski definition) is 0. The number of urea groups is 2. The molecule has 6 atom stereocenters. The van der Waals surface area contributed by atoms with Crippen molar-refractivity contribution >= 4 is 12.1 Å². The highest BCUT2D eigenvalue weighted by molar-refractivity contribution is 5.95. The molecule has 7 fully saturated rings. The Morgan fingerprint density at radius 3 is 1.16 bits per heavy atom. The third-order valence-corrected chi connectivity index (χ3v) is 12.9. The summed E-state index contributed by atoms with van der Waals surface area (Å²) in [5.74, 6) is 0. The molecular weight excluding hydrogens is 548 g/mol. The highest BCUT2D eigenvalue weighted by Crippen LogP contribution is 2.55. The van der Waals surface area contributed by atoms with Crippen LogP contribution in [0, 0.1) is 32.5 Å². The van der Waals surface area contributed by atoms with Crippen molar-refractivity contribution in [2.75, 3.05) is 46.3 Å². The number of imide groups is 1. The monoisotopic (exact) mass is 610 g/mol. The molecule has 3 saturated carbocycles. The number of fused-ring (bicyclic) bond motifs is 6. The molecule has 8 nitrogen and oxygen atoms in total. The third kappa shape index (κ3) is 5.72. The Hall–Kier alpha value is -1.38. The molecule has 44 heavy (non-hydrogen) atoms. The number of hydrogen-bond acceptors (Lipinski definition) is 5. The lowest BCUT2D eigenvalue weighted by molar-refractivity contribution is 0.00812. The van der Waals surface area contributed by atoms with Crippen LogP contribution >= 0.6 is 0 Å². The summed E-state index contributed by atoms with van der Waals surface area (Å²) in [6, 6.07) is 1.29. The molecule has 0 aromatic carbocycles. The summed E-state index contributed by atoms with van der Waals surface area (Å²) in [5.41, 5.74) is 1.85. The number of rotatable bonds is 6. The van der Waals surface area contributed by atoms with Crippen LogP contribution in [0.2, 0.25) is 0 Å². The van der Waals surface area contributed by atoms with Gasteiger partial charge in [0.1, 0.15) is 6.67 Å². The van der Waals surface area contributed by atoms with Crippen LogP contribution in [0.1, 0.15) is 120 Å². The Morgan fingerprint density at radius 1 is 0.500 bits per heavy atom. The van der Waals surface area contributed by atoms with E-state index in [0.717, 1.165) is 26.1 Å². The molecule has 0 radical (unpaired) electrons. The van der Waals surface area contributed by atoms with Crippen molar-refractivity contribution < 1.29 is 9.59 Å². The van der Waals surface area contributed by atoms with Gasteiger partial charge in [0.15, 0.2) is 0 Å². The van der Waals surface area contributed by atoms with E-state index in [2.05, 4.69) is 77.0 Å². The summed E-state index contributed by atoms with van der Waals surface area (Å²) in [4.78, 5) is 42.0. The van der Waals surface area contributed by atoms with E-state index in [-0.39, 0.29) is 17.5 Å². The molecule has 0 N–H and O–H groups in total. The molecule has 0 spiro atoms. The van der Waals surface area contributed by atoms with Crippen molar-refractivity contribution in [3.05, 3.63) is 0 Å². The van der Waals surface area contributed by atoms with Gasteiger partial charge in [-0.1, -0.05) is 62.3 Å². The van der Waals surface area contributed by atoms with Crippen molar-refractivity contribution in [2.24, 2.45) is 32.5 Å². The van der Waals surface area contributed by atoms with Crippen molar-refractivity contribution in [3.8, 4) is 0 Å². The average Bonchev–Trinajstić information content (AvgIpc) is 3.33. The van der Waals surface area contributed by atoms with Crippen LogP contribution in [-0.2, 0) is 0 Å². The summed E-state index contributed by atoms with van der Waals surface area (Å²) in [6.45, 7) is 26.9. The van der Waals surface area contributed by atoms with Gasteiger partial charge in [0.25, 0.3) is 0 Å². The zero-order valence-electron chi connectivity index (χ0n) is 29.5. The standard InChI is InChI=1S/C36H62N6O2/c1-31(2)10-26-13-34(7,16-31)19-37(26)22-40-24-41(23-38-20-35(8)14-27(38)11-32(3,4)17-35)30(44)42(29(40)43)25-39-21-36(9)15-28(39)12-33(5,6)18-36/h26-28H,10-25H2,1-9H3/t26-,27-,28-,34-,35-,36-/m0/s1. The van der Waals surface area contributed by atoms with Crippen molar-refractivity contribution in [2.45, 2.75) is 138 Å². The summed E-state index contributed by atoms with van der Waals surface area (Å²) in [7, 11) is 0. The second-order valence-corrected chi connectivity index (χ2v) is 20.5. The normalized spacial score (nSPS) is 43.4. The minimum Gasteiger partial charge on any atom is -0.293 e. The second-order valence-electron chi connectivity index (χ2n) is 20.5. The van der Waals surface area contributed by atoms with E-state index >= 15 is 0 Å². The summed E-state index contributed by atoms with van der Waals surface area (Å²) < 4.78 is 0. The third-order valence-electron chi connectivity index (χ3n) is 12.9. The Bertz CT molecular complexity index is 1140. The minimum atomic E-state index is -0.0868. The number of carbonyl (C=O) groups excluding carboxylic acids is 2. The van der Waals surface area contributed by atoms with Gasteiger partial charge in [-0.05, 0) is 90.3 Å². The SMILES string of the molecule is CC1(C)C[C@H]2C[C@](C)(CN2CN2CN(CN3C[C@@]4(C)C[C@@H]3CC(C)(C)C4)C(=O)N(CN3C[C@@]4(C)C[C@@H]3CC(C)(C)C4)C2=O)C1. The van der Waals surface area contributed by atoms with Crippen LogP contribution in [0.5, 0.6) is 0 Å². The first-order chi connectivity index (χ1) is 20.2. The van der Waals surface area contributed by atoms with E-state index in [1.807, 2.05) is 9.80 Å². The quantitative estimate of drug-likeness (QED) is 0.336. The van der Waals surface area contributed by atoms with E-state index in [1.54, 1.807) is 4.90 Å². The number of likely N-dealkylation sites (tertiary alicyclic amines) is 3. The van der Waals surface area contributed by atoms with Gasteiger partial charge in [0.05, 0.1) is 20.0 Å². The van der Waals surface area contributed by atoms with E-state index in [4.69, 9.17) is 0 Å². The Balaban J connectivity index is 1.13. The minimum absolute atomic E-state index is 0.0868. The first-order valence-corrected chi connectivity index (χ1v) is 17.8. The molecule has 8 heteroatoms. The van der Waals surface area contributed by atoms with Crippen LogP contribution < -0.4 is 0 Å². The van der Waals surface area contributed by atoms with E-state index in [1.165, 1.54) is 51.4 Å². The summed E-state index contributed by atoms with van der Waals surface area (Å²) in [6.07, 6.45) is 10.8. The Labute approximate surface area is 267 Å². The maximum atomic E-state index is 14.3. The van der Waals surface area contributed by atoms with Gasteiger partial charge in [-0.3, -0.25) is 24.5 Å². The molecule has 7 rings (SSSR count). The number of carbonyl (C=O) groups is 2. The molecule has 248 valence electrons. The Kier molecular flexibility index (Phi) is 6.97. The van der Waals surface area contributed by atoms with Gasteiger partial charge in [0.2, 0.25) is 0 Å². The van der Waals surface area contributed by atoms with E-state index in [0.29, 0.717) is 71.9 Å². The van der Waals surface area contributed by atoms with Gasteiger partial charge in [-0.2, -0.15) is 0 Å². The zero-order chi connectivity index (χ0) is 31.7. The smallest absolute Gasteiger partial charge is 0.293 e. The van der Waals surface area contributed by atoms with Crippen LogP contribution in [-0.4, -0.2) is 106 Å². The predicted molar refractivity (Wildman–Crippen MR) is 174 cm³/mol. The molecule has 0 unspecified atom stereocenters. The maximum Gasteiger partial charge on any atom is 0.331 e. The molecule has 3 aliphatic carbocycles. The zero-order valence-corrected chi connectivity index (χ0v) is 29.5. The fourth-order valence-electron chi connectivity index (χ4n) is 12.9. The Morgan fingerprint density at radius 2 is 0.818 bits per heavy atom. The number of amides is 4. The lowest BCUT2D eigenvalue weighted by Gasteiger charge is -2.46. The fraction of sp³-hybridized carbons (Fsp3) is 0.944. The van der Waals surface area contributed by atoms with Gasteiger partial charge < -0.3 is 0 Å². The molecule has 4 amide bonds. The highest BCUT2D eigenvalue weighted by Gasteiger charge is 2.54. The van der Waals surface area contributed by atoms with Crippen LogP contribution in [0.15, 0.2) is 0 Å². The van der Waals surface area contributed by atoms with Gasteiger partial charge in [0, 0.05) is 37.8 Å². The average molecular weight is 611 g/mol. The van der Waals surface area contributed by atoms with Crippen LogP contribution in [0.4, 0.5) is 9.59 Å². The first kappa shape index (κ1) is 31.2. The first-order valence-electron chi connectivity index (χ1n) is 17.8. The maximum absolute atomic E-state index is 14.3. The lowest BCUT2D eigenvalue weighted by Crippen LogP contribution is -2.66. The molecule has 4 heterocycles. The van der Waals surface area contributed by atoms with Gasteiger partial charge in [-0.15, -0.1) is 0 Å². The van der Waals surface area contributed by atoms with E-state index < -0.39 is 0 Å². The molecule has 0 aromatic heterocycles. The molecule has 4 saturated heterocycles. The van der Waals surface area contributed by atoms with Crippen LogP contribution in [0.3, 0.4) is 0 Å². The molecule has 4 aliphatic heterocycles. The largest absolute Gasteiger partial charge is 0.331 e. The van der Waals surface area contributed by atoms with Gasteiger partial charge >= 0.3 is 12.1 Å². The summed E-state index contributed by atoms with van der Waals surface area (Å²) in [5, 5.41) is 0. The second kappa shape index (κ2) is 9.82. The highest BCUT2D eigenvalue weighted by atomic mass is 16.2. The number of nitrogens with zero attached hydrogens (tertiary/aromatic N) is 6. The van der Waals surface area contributed by atoms with Crippen molar-refractivity contribution in [1.82, 2.24) is 29.4 Å². The molecule has 0 aromatic rings.